The minimum Gasteiger partial charge on any atom is -0.305 e. The van der Waals surface area contributed by atoms with Gasteiger partial charge in [-0.05, 0) is 79.4 Å². The van der Waals surface area contributed by atoms with Crippen molar-refractivity contribution in [2.75, 3.05) is 9.80 Å². The molecule has 0 radical (unpaired) electrons. The van der Waals surface area contributed by atoms with Crippen molar-refractivity contribution in [2.45, 2.75) is 38.1 Å². The van der Waals surface area contributed by atoms with Crippen LogP contribution in [0.1, 0.15) is 40.7 Å². The van der Waals surface area contributed by atoms with Gasteiger partial charge in [0.05, 0.1) is 5.69 Å². The largest absolute Gasteiger partial charge is 0.305 e. The Bertz CT molecular complexity index is 1180. The second-order valence-electron chi connectivity index (χ2n) is 8.33. The lowest BCUT2D eigenvalue weighted by Gasteiger charge is -2.24. The van der Waals surface area contributed by atoms with Gasteiger partial charge in [-0.3, -0.25) is 14.5 Å². The smallest absolute Gasteiger partial charge is 0.256 e. The van der Waals surface area contributed by atoms with Crippen molar-refractivity contribution >= 4 is 40.4 Å². The van der Waals surface area contributed by atoms with E-state index in [0.29, 0.717) is 16.4 Å². The maximum Gasteiger partial charge on any atom is 0.256 e. The third-order valence-corrected chi connectivity index (χ3v) is 6.69. The number of hydrogen-bond acceptors (Lipinski definition) is 3. The number of para-hydroxylation sites is 2. The molecule has 2 aliphatic rings. The summed E-state index contributed by atoms with van der Waals surface area (Å²) >= 11 is 5.75. The van der Waals surface area contributed by atoms with E-state index in [1.165, 1.54) is 17.5 Å². The number of Topliss-reactive ketones (excluding diaryl/α,β-unsaturated/α-hetero) is 1. The molecular weight excluding hydrogens is 416 g/mol. The van der Waals surface area contributed by atoms with Crippen molar-refractivity contribution in [3.05, 3.63) is 95.6 Å². The molecule has 1 amide bonds. The third-order valence-electron chi connectivity index (χ3n) is 6.31. The highest BCUT2D eigenvalue weighted by Gasteiger charge is 2.44. The molecule has 1 aliphatic carbocycles. The molecule has 1 atom stereocenters. The molecule has 3 aromatic carbocycles. The number of rotatable bonds is 5. The predicted octanol–water partition coefficient (Wildman–Crippen LogP) is 5.35. The van der Waals surface area contributed by atoms with Gasteiger partial charge in [0, 0.05) is 17.7 Å². The number of thiocarbonyl (C=S) groups is 1. The van der Waals surface area contributed by atoms with Gasteiger partial charge in [-0.2, -0.15) is 0 Å². The number of aryl methyl sites for hydroxylation is 2. The van der Waals surface area contributed by atoms with E-state index in [4.69, 9.17) is 12.2 Å². The molecule has 3 aromatic rings. The molecule has 160 valence electrons. The molecule has 4 nitrogen and oxygen atoms in total. The fourth-order valence-corrected chi connectivity index (χ4v) is 5.10. The van der Waals surface area contributed by atoms with E-state index in [1.807, 2.05) is 77.7 Å². The molecule has 1 aliphatic heterocycles. The minimum absolute atomic E-state index is 0.0321. The van der Waals surface area contributed by atoms with Crippen LogP contribution in [0.4, 0.5) is 11.4 Å². The Morgan fingerprint density at radius 1 is 0.844 bits per heavy atom. The Labute approximate surface area is 193 Å². The minimum atomic E-state index is -0.673. The zero-order valence-electron chi connectivity index (χ0n) is 17.7. The second kappa shape index (κ2) is 8.67. The molecule has 32 heavy (non-hydrogen) atoms. The normalized spacial score (nSPS) is 18.1. The summed E-state index contributed by atoms with van der Waals surface area (Å²) in [5.74, 6) is -0.202. The molecule has 0 unspecified atom stereocenters. The quantitative estimate of drug-likeness (QED) is 0.396. The van der Waals surface area contributed by atoms with Crippen LogP contribution in [0.15, 0.2) is 78.9 Å². The van der Waals surface area contributed by atoms with E-state index in [0.717, 1.165) is 24.9 Å². The molecule has 0 N–H and O–H groups in total. The van der Waals surface area contributed by atoms with Crippen LogP contribution in [-0.4, -0.2) is 22.8 Å². The lowest BCUT2D eigenvalue weighted by atomic mass is 9.89. The number of carbonyl (C=O) groups excluding carboxylic acids is 2. The van der Waals surface area contributed by atoms with Crippen LogP contribution in [0.2, 0.25) is 0 Å². The standard InChI is InChI=1S/C27H24N2O2S/c30-25(21-16-15-19-9-7-8-10-20(19)17-21)18-24-26(31)29(23-13-5-2-6-14-23)27(32)28(24)22-11-3-1-4-12-22/h1-6,11-17,24H,7-10,18H2/t24-/m0/s1. The zero-order chi connectivity index (χ0) is 22.1. The van der Waals surface area contributed by atoms with Crippen molar-refractivity contribution in [1.82, 2.24) is 0 Å². The Balaban J connectivity index is 1.48. The number of amides is 1. The Morgan fingerprint density at radius 2 is 1.47 bits per heavy atom. The number of carbonyl (C=O) groups is 2. The SMILES string of the molecule is O=C(C[C@H]1C(=O)N(c2ccccc2)C(=S)N1c1ccccc1)c1ccc2c(c1)CCCC2. The maximum atomic E-state index is 13.5. The lowest BCUT2D eigenvalue weighted by molar-refractivity contribution is -0.117. The first-order valence-electron chi connectivity index (χ1n) is 11.1. The number of benzene rings is 3. The summed E-state index contributed by atoms with van der Waals surface area (Å²) in [5.41, 5.74) is 4.81. The fourth-order valence-electron chi connectivity index (χ4n) is 4.67. The molecule has 0 bridgehead atoms. The number of hydrogen-bond donors (Lipinski definition) is 0. The Hall–Kier alpha value is -3.31. The second-order valence-corrected chi connectivity index (χ2v) is 8.70. The van der Waals surface area contributed by atoms with Crippen molar-refractivity contribution in [3.63, 3.8) is 0 Å². The summed E-state index contributed by atoms with van der Waals surface area (Å²) in [7, 11) is 0. The zero-order valence-corrected chi connectivity index (χ0v) is 18.6. The highest BCUT2D eigenvalue weighted by Crippen LogP contribution is 2.32. The number of nitrogens with zero attached hydrogens (tertiary/aromatic N) is 2. The van der Waals surface area contributed by atoms with E-state index >= 15 is 0 Å². The van der Waals surface area contributed by atoms with E-state index in [9.17, 15) is 9.59 Å². The van der Waals surface area contributed by atoms with Gasteiger partial charge in [0.1, 0.15) is 6.04 Å². The van der Waals surface area contributed by atoms with E-state index in [2.05, 4.69) is 6.07 Å². The first-order valence-corrected chi connectivity index (χ1v) is 11.5. The number of ketones is 1. The van der Waals surface area contributed by atoms with E-state index in [-0.39, 0.29) is 18.1 Å². The number of fused-ring (bicyclic) bond motifs is 1. The van der Waals surface area contributed by atoms with Crippen molar-refractivity contribution in [3.8, 4) is 0 Å². The fraction of sp³-hybridized carbons (Fsp3) is 0.222. The summed E-state index contributed by atoms with van der Waals surface area (Å²) in [6.45, 7) is 0. The van der Waals surface area contributed by atoms with Gasteiger partial charge in [-0.15, -0.1) is 0 Å². The van der Waals surface area contributed by atoms with Crippen LogP contribution < -0.4 is 9.80 Å². The summed E-state index contributed by atoms with van der Waals surface area (Å²) in [4.78, 5) is 30.2. The molecule has 1 fully saturated rings. The van der Waals surface area contributed by atoms with Gasteiger partial charge < -0.3 is 4.90 Å². The summed E-state index contributed by atoms with van der Waals surface area (Å²) in [6.07, 6.45) is 4.54. The molecule has 5 heteroatoms. The highest BCUT2D eigenvalue weighted by atomic mass is 32.1. The Kier molecular flexibility index (Phi) is 5.58. The van der Waals surface area contributed by atoms with Crippen LogP contribution in [0.25, 0.3) is 0 Å². The van der Waals surface area contributed by atoms with Gasteiger partial charge in [0.25, 0.3) is 5.91 Å². The van der Waals surface area contributed by atoms with Gasteiger partial charge in [0.15, 0.2) is 10.9 Å². The van der Waals surface area contributed by atoms with Crippen LogP contribution in [0.3, 0.4) is 0 Å². The maximum absolute atomic E-state index is 13.5. The van der Waals surface area contributed by atoms with Crippen molar-refractivity contribution < 1.29 is 9.59 Å². The van der Waals surface area contributed by atoms with Crippen LogP contribution in [0, 0.1) is 0 Å². The van der Waals surface area contributed by atoms with E-state index in [1.54, 1.807) is 4.90 Å². The topological polar surface area (TPSA) is 40.6 Å². The van der Waals surface area contributed by atoms with Crippen LogP contribution >= 0.6 is 12.2 Å². The molecular formula is C27H24N2O2S. The molecule has 5 rings (SSSR count). The lowest BCUT2D eigenvalue weighted by Crippen LogP contribution is -2.36. The van der Waals surface area contributed by atoms with Crippen LogP contribution in [0.5, 0.6) is 0 Å². The number of anilines is 2. The van der Waals surface area contributed by atoms with Gasteiger partial charge in [-0.25, -0.2) is 0 Å². The molecule has 1 saturated heterocycles. The summed E-state index contributed by atoms with van der Waals surface area (Å²) in [6, 6.07) is 24.3. The molecule has 0 aromatic heterocycles. The van der Waals surface area contributed by atoms with Gasteiger partial charge in [0.2, 0.25) is 0 Å². The van der Waals surface area contributed by atoms with Gasteiger partial charge in [-0.1, -0.05) is 48.5 Å². The summed E-state index contributed by atoms with van der Waals surface area (Å²) < 4.78 is 0. The first kappa shape index (κ1) is 20.6. The average Bonchev–Trinajstić information content (AvgIpc) is 3.08. The monoisotopic (exact) mass is 440 g/mol. The Morgan fingerprint density at radius 3 is 2.16 bits per heavy atom. The van der Waals surface area contributed by atoms with Gasteiger partial charge >= 0.3 is 0 Å². The van der Waals surface area contributed by atoms with Crippen LogP contribution in [-0.2, 0) is 17.6 Å². The molecule has 0 saturated carbocycles. The molecule has 1 heterocycles. The predicted molar refractivity (Wildman–Crippen MR) is 131 cm³/mol. The van der Waals surface area contributed by atoms with E-state index < -0.39 is 6.04 Å². The molecule has 0 spiro atoms. The highest BCUT2D eigenvalue weighted by molar-refractivity contribution is 7.81. The average molecular weight is 441 g/mol. The first-order chi connectivity index (χ1) is 15.6. The third kappa shape index (κ3) is 3.73. The van der Waals surface area contributed by atoms with Crippen molar-refractivity contribution in [1.29, 1.82) is 0 Å². The van der Waals surface area contributed by atoms with Crippen molar-refractivity contribution in [2.24, 2.45) is 0 Å². The summed E-state index contributed by atoms with van der Waals surface area (Å²) in [5, 5.41) is 0.399.